The molecule has 234 valence electrons. The second-order valence-electron chi connectivity index (χ2n) is 11.5. The van der Waals surface area contributed by atoms with Crippen LogP contribution in [0.15, 0.2) is 30.5 Å². The highest BCUT2D eigenvalue weighted by molar-refractivity contribution is 5.99. The Hall–Kier alpha value is -3.61. The van der Waals surface area contributed by atoms with Crippen molar-refractivity contribution >= 4 is 17.6 Å². The Kier molecular flexibility index (Phi) is 9.28. The lowest BCUT2D eigenvalue weighted by Crippen LogP contribution is -2.59. The summed E-state index contributed by atoms with van der Waals surface area (Å²) in [5, 5.41) is 3.15. The second-order valence-corrected chi connectivity index (χ2v) is 11.5. The number of ether oxygens (including phenoxy) is 1. The van der Waals surface area contributed by atoms with Gasteiger partial charge in [0.15, 0.2) is 5.69 Å². The lowest BCUT2D eigenvalue weighted by atomic mass is 10.1. The number of urea groups is 1. The average Bonchev–Trinajstić information content (AvgIpc) is 3.66. The summed E-state index contributed by atoms with van der Waals surface area (Å²) in [5.41, 5.74) is 2.09. The fraction of sp³-hybridized carbons (Fsp3) is 0.600. The highest BCUT2D eigenvalue weighted by Gasteiger charge is 2.49. The second kappa shape index (κ2) is 12.9. The van der Waals surface area contributed by atoms with Crippen LogP contribution < -0.4 is 15.0 Å². The van der Waals surface area contributed by atoms with Gasteiger partial charge in [0, 0.05) is 51.0 Å². The number of carbonyl (C=O) groups is 2. The summed E-state index contributed by atoms with van der Waals surface area (Å²) < 4.78 is 46.5. The molecular formula is C30H40F3N7O3. The van der Waals surface area contributed by atoms with Crippen molar-refractivity contribution in [3.05, 3.63) is 36.2 Å². The summed E-state index contributed by atoms with van der Waals surface area (Å²) in [7, 11) is 2.01. The molecule has 0 saturated carbocycles. The number of aromatic nitrogens is 2. The van der Waals surface area contributed by atoms with Crippen LogP contribution in [0.4, 0.5) is 23.7 Å². The van der Waals surface area contributed by atoms with E-state index in [1.807, 2.05) is 39.1 Å². The average molecular weight is 604 g/mol. The van der Waals surface area contributed by atoms with E-state index in [9.17, 15) is 22.8 Å². The van der Waals surface area contributed by atoms with Crippen LogP contribution in [0.1, 0.15) is 50.0 Å². The van der Waals surface area contributed by atoms with Crippen LogP contribution in [0.3, 0.4) is 0 Å². The van der Waals surface area contributed by atoms with Crippen molar-refractivity contribution in [2.24, 2.45) is 0 Å². The monoisotopic (exact) mass is 603 g/mol. The highest BCUT2D eigenvalue weighted by Crippen LogP contribution is 2.35. The number of rotatable bonds is 7. The number of alkyl halides is 3. The van der Waals surface area contributed by atoms with Gasteiger partial charge in [-0.2, -0.15) is 13.2 Å². The zero-order valence-corrected chi connectivity index (χ0v) is 24.9. The molecule has 0 aliphatic carbocycles. The third-order valence-corrected chi connectivity index (χ3v) is 8.55. The predicted molar refractivity (Wildman–Crippen MR) is 156 cm³/mol. The van der Waals surface area contributed by atoms with Gasteiger partial charge in [-0.05, 0) is 70.5 Å². The predicted octanol–water partition coefficient (Wildman–Crippen LogP) is 4.02. The molecule has 13 heteroatoms. The van der Waals surface area contributed by atoms with Gasteiger partial charge in [-0.25, -0.2) is 14.8 Å². The maximum absolute atomic E-state index is 13.8. The van der Waals surface area contributed by atoms with E-state index < -0.39 is 18.2 Å². The van der Waals surface area contributed by atoms with Crippen LogP contribution in [0.25, 0.3) is 11.3 Å². The van der Waals surface area contributed by atoms with Gasteiger partial charge in [0.05, 0.1) is 23.6 Å². The minimum Gasteiger partial charge on any atom is -0.477 e. The molecule has 0 unspecified atom stereocenters. The molecular weight excluding hydrogens is 563 g/mol. The number of likely N-dealkylation sites (N-methyl/N-ethyl adjacent to an activating group) is 1. The van der Waals surface area contributed by atoms with Gasteiger partial charge in [-0.15, -0.1) is 0 Å². The van der Waals surface area contributed by atoms with Crippen LogP contribution in [0.2, 0.25) is 0 Å². The van der Waals surface area contributed by atoms with Gasteiger partial charge in [0.2, 0.25) is 5.88 Å². The fourth-order valence-electron chi connectivity index (χ4n) is 6.36. The highest BCUT2D eigenvalue weighted by atomic mass is 19.4. The van der Waals surface area contributed by atoms with E-state index in [2.05, 4.69) is 20.1 Å². The molecule has 3 aliphatic rings. The molecule has 2 aromatic rings. The Bertz CT molecular complexity index is 1310. The lowest BCUT2D eigenvalue weighted by Gasteiger charge is -2.44. The number of hydrogen-bond donors (Lipinski definition) is 1. The Morgan fingerprint density at radius 3 is 2.58 bits per heavy atom. The van der Waals surface area contributed by atoms with Gasteiger partial charge in [0.1, 0.15) is 6.04 Å². The number of nitrogens with one attached hydrogen (secondary N) is 1. The van der Waals surface area contributed by atoms with Crippen molar-refractivity contribution in [3.63, 3.8) is 0 Å². The Balaban J connectivity index is 1.43. The maximum Gasteiger partial charge on any atom is 0.408 e. The lowest BCUT2D eigenvalue weighted by molar-refractivity contribution is -0.170. The van der Waals surface area contributed by atoms with Crippen molar-refractivity contribution < 1.29 is 27.5 Å². The standard InChI is InChI=1S/C30H40F3N7O3/c1-4-21-19-38(29(42)40-14-7-9-25(40)30(31,32)33)16-17-39(21)24-11-10-23(22-8-6-13-34-28(22)43-5-2)36-26(24)27(41)35-20-12-15-37(3)18-20/h6,8,10-11,13,20-21,25H,4-5,7,9,12,14-19H2,1-3H3,(H,35,41)/t20-,21+,25-/m0/s1. The van der Waals surface area contributed by atoms with Crippen LogP contribution in [0, 0.1) is 0 Å². The van der Waals surface area contributed by atoms with Gasteiger partial charge in [0.25, 0.3) is 5.91 Å². The molecule has 3 amide bonds. The number of carbonyl (C=O) groups excluding carboxylic acids is 2. The SMILES string of the molecule is CCOc1ncccc1-c1ccc(N2CCN(C(=O)N3CCC[C@H]3C(F)(F)F)C[C@H]2CC)c(C(=O)N[C@H]2CCN(C)C2)n1. The van der Waals surface area contributed by atoms with E-state index in [-0.39, 0.29) is 49.7 Å². The first-order chi connectivity index (χ1) is 20.6. The summed E-state index contributed by atoms with van der Waals surface area (Å²) in [6.07, 6.45) is -1.08. The summed E-state index contributed by atoms with van der Waals surface area (Å²) in [5.74, 6) is 0.129. The largest absolute Gasteiger partial charge is 0.477 e. The molecule has 43 heavy (non-hydrogen) atoms. The van der Waals surface area contributed by atoms with E-state index in [0.29, 0.717) is 48.8 Å². The van der Waals surface area contributed by atoms with E-state index in [0.717, 1.165) is 24.4 Å². The summed E-state index contributed by atoms with van der Waals surface area (Å²) in [6, 6.07) is 4.79. The minimum atomic E-state index is -4.45. The zero-order valence-electron chi connectivity index (χ0n) is 24.9. The van der Waals surface area contributed by atoms with Crippen LogP contribution in [0.5, 0.6) is 5.88 Å². The normalized spacial score (nSPS) is 23.1. The summed E-state index contributed by atoms with van der Waals surface area (Å²) >= 11 is 0. The number of anilines is 1. The van der Waals surface area contributed by atoms with E-state index in [4.69, 9.17) is 9.72 Å². The van der Waals surface area contributed by atoms with Crippen LogP contribution in [-0.2, 0) is 0 Å². The molecule has 3 fully saturated rings. The van der Waals surface area contributed by atoms with Crippen LogP contribution in [-0.4, -0.2) is 114 Å². The van der Waals surface area contributed by atoms with Crippen molar-refractivity contribution in [1.82, 2.24) is 30.0 Å². The molecule has 2 aromatic heterocycles. The first-order valence-corrected chi connectivity index (χ1v) is 15.1. The molecule has 0 bridgehead atoms. The van der Waals surface area contributed by atoms with Gasteiger partial charge in [-0.1, -0.05) is 6.92 Å². The van der Waals surface area contributed by atoms with Crippen molar-refractivity contribution in [2.75, 3.05) is 57.8 Å². The molecule has 5 heterocycles. The summed E-state index contributed by atoms with van der Waals surface area (Å²) in [4.78, 5) is 43.0. The molecule has 1 N–H and O–H groups in total. The molecule has 0 spiro atoms. The first-order valence-electron chi connectivity index (χ1n) is 15.1. The topological polar surface area (TPSA) is 94.1 Å². The molecule has 10 nitrogen and oxygen atoms in total. The number of piperazine rings is 1. The van der Waals surface area contributed by atoms with E-state index in [1.54, 1.807) is 12.3 Å². The molecule has 0 radical (unpaired) electrons. The Morgan fingerprint density at radius 1 is 1.07 bits per heavy atom. The third-order valence-electron chi connectivity index (χ3n) is 8.55. The molecule has 3 atom stereocenters. The van der Waals surface area contributed by atoms with Crippen LogP contribution >= 0.6 is 0 Å². The smallest absolute Gasteiger partial charge is 0.408 e. The van der Waals surface area contributed by atoms with Crippen molar-refractivity contribution in [2.45, 2.75) is 63.8 Å². The summed E-state index contributed by atoms with van der Waals surface area (Å²) in [6.45, 7) is 6.85. The zero-order chi connectivity index (χ0) is 30.7. The van der Waals surface area contributed by atoms with Crippen molar-refractivity contribution in [1.29, 1.82) is 0 Å². The molecule has 3 aliphatic heterocycles. The first kappa shape index (κ1) is 30.8. The maximum atomic E-state index is 13.8. The number of hydrogen-bond acceptors (Lipinski definition) is 7. The molecule has 0 aromatic carbocycles. The number of amides is 3. The fourth-order valence-corrected chi connectivity index (χ4v) is 6.36. The Morgan fingerprint density at radius 2 is 1.88 bits per heavy atom. The third kappa shape index (κ3) is 6.66. The molecule has 5 rings (SSSR count). The van der Waals surface area contributed by atoms with Gasteiger partial charge < -0.3 is 29.7 Å². The van der Waals surface area contributed by atoms with Gasteiger partial charge >= 0.3 is 12.2 Å². The number of nitrogens with zero attached hydrogens (tertiary/aromatic N) is 6. The number of halogens is 3. The van der Waals surface area contributed by atoms with E-state index in [1.165, 1.54) is 4.90 Å². The van der Waals surface area contributed by atoms with Gasteiger partial charge in [-0.3, -0.25) is 4.79 Å². The number of likely N-dealkylation sites (tertiary alicyclic amines) is 2. The van der Waals surface area contributed by atoms with E-state index >= 15 is 0 Å². The van der Waals surface area contributed by atoms with Crippen molar-refractivity contribution in [3.8, 4) is 17.1 Å². The minimum absolute atomic E-state index is 0.00772. The molecule has 3 saturated heterocycles. The quantitative estimate of drug-likeness (QED) is 0.511. The number of pyridine rings is 2. The Labute approximate surface area is 250 Å².